The van der Waals surface area contributed by atoms with Crippen molar-refractivity contribution in [2.75, 3.05) is 26.9 Å². The zero-order valence-electron chi connectivity index (χ0n) is 9.49. The normalized spacial score (nSPS) is 22.2. The molecule has 1 saturated heterocycles. The SMILES string of the molecule is COc1ccc(C(Cl)C2COCCO2)cc1F. The van der Waals surface area contributed by atoms with Gasteiger partial charge >= 0.3 is 0 Å². The maximum atomic E-state index is 13.5. The molecule has 0 spiro atoms. The molecule has 5 heteroatoms. The molecular weight excluding hydrogens is 247 g/mol. The molecule has 2 unspecified atom stereocenters. The van der Waals surface area contributed by atoms with Crippen molar-refractivity contribution in [3.8, 4) is 5.75 Å². The van der Waals surface area contributed by atoms with Gasteiger partial charge in [-0.15, -0.1) is 11.6 Å². The van der Waals surface area contributed by atoms with Crippen LogP contribution in [0.15, 0.2) is 18.2 Å². The number of halogens is 2. The number of benzene rings is 1. The van der Waals surface area contributed by atoms with E-state index in [2.05, 4.69) is 0 Å². The van der Waals surface area contributed by atoms with Gasteiger partial charge in [0.15, 0.2) is 11.6 Å². The second-order valence-corrected chi connectivity index (χ2v) is 4.25. The number of hydrogen-bond donors (Lipinski definition) is 0. The average Bonchev–Trinajstić information content (AvgIpc) is 2.39. The van der Waals surface area contributed by atoms with Gasteiger partial charge in [0.2, 0.25) is 0 Å². The molecule has 0 amide bonds. The molecule has 2 atom stereocenters. The van der Waals surface area contributed by atoms with Gasteiger partial charge in [-0.25, -0.2) is 4.39 Å². The van der Waals surface area contributed by atoms with Gasteiger partial charge < -0.3 is 14.2 Å². The number of hydrogen-bond acceptors (Lipinski definition) is 3. The summed E-state index contributed by atoms with van der Waals surface area (Å²) in [6.07, 6.45) is -0.238. The third-order valence-electron chi connectivity index (χ3n) is 2.66. The van der Waals surface area contributed by atoms with Crippen LogP contribution in [-0.4, -0.2) is 33.0 Å². The molecule has 3 nitrogen and oxygen atoms in total. The van der Waals surface area contributed by atoms with E-state index in [1.54, 1.807) is 12.1 Å². The lowest BCUT2D eigenvalue weighted by atomic mass is 10.1. The Kier molecular flexibility index (Phi) is 4.20. The minimum absolute atomic E-state index is 0.207. The number of rotatable bonds is 3. The molecule has 1 aromatic carbocycles. The molecule has 0 saturated carbocycles. The first kappa shape index (κ1) is 12.6. The van der Waals surface area contributed by atoms with Crippen molar-refractivity contribution in [3.63, 3.8) is 0 Å². The van der Waals surface area contributed by atoms with E-state index in [1.807, 2.05) is 0 Å². The van der Waals surface area contributed by atoms with Gasteiger partial charge in [-0.2, -0.15) is 0 Å². The topological polar surface area (TPSA) is 27.7 Å². The Labute approximate surface area is 104 Å². The summed E-state index contributed by atoms with van der Waals surface area (Å²) in [5.74, 6) is -0.217. The molecule has 0 aromatic heterocycles. The fourth-order valence-electron chi connectivity index (χ4n) is 1.74. The zero-order valence-corrected chi connectivity index (χ0v) is 10.2. The van der Waals surface area contributed by atoms with Crippen LogP contribution in [0, 0.1) is 5.82 Å². The van der Waals surface area contributed by atoms with E-state index in [-0.39, 0.29) is 11.9 Å². The molecular formula is C12H14ClFO3. The van der Waals surface area contributed by atoms with Crippen LogP contribution in [0.1, 0.15) is 10.9 Å². The lowest BCUT2D eigenvalue weighted by Gasteiger charge is -2.27. The van der Waals surface area contributed by atoms with Crippen molar-refractivity contribution in [1.82, 2.24) is 0 Å². The van der Waals surface area contributed by atoms with Crippen LogP contribution in [0.5, 0.6) is 5.75 Å². The summed E-state index contributed by atoms with van der Waals surface area (Å²) in [6.45, 7) is 1.53. The van der Waals surface area contributed by atoms with Crippen LogP contribution < -0.4 is 4.74 Å². The molecule has 1 aliphatic rings. The first-order valence-electron chi connectivity index (χ1n) is 5.39. The van der Waals surface area contributed by atoms with Gasteiger partial charge in [0.05, 0.1) is 32.3 Å². The van der Waals surface area contributed by atoms with Crippen molar-refractivity contribution in [2.24, 2.45) is 0 Å². The molecule has 1 aliphatic heterocycles. The number of ether oxygens (including phenoxy) is 3. The van der Waals surface area contributed by atoms with Crippen molar-refractivity contribution < 1.29 is 18.6 Å². The highest BCUT2D eigenvalue weighted by molar-refractivity contribution is 6.21. The minimum atomic E-state index is -0.424. The van der Waals surface area contributed by atoms with E-state index in [0.29, 0.717) is 25.4 Å². The fraction of sp³-hybridized carbons (Fsp3) is 0.500. The number of alkyl halides is 1. The third kappa shape index (κ3) is 2.89. The van der Waals surface area contributed by atoms with Crippen molar-refractivity contribution in [1.29, 1.82) is 0 Å². The number of methoxy groups -OCH3 is 1. The summed E-state index contributed by atoms with van der Waals surface area (Å²) >= 11 is 6.24. The largest absolute Gasteiger partial charge is 0.494 e. The highest BCUT2D eigenvalue weighted by Crippen LogP contribution is 2.30. The maximum absolute atomic E-state index is 13.5. The second kappa shape index (κ2) is 5.67. The van der Waals surface area contributed by atoms with Crippen LogP contribution in [0.4, 0.5) is 4.39 Å². The van der Waals surface area contributed by atoms with Crippen molar-refractivity contribution in [3.05, 3.63) is 29.6 Å². The van der Waals surface area contributed by atoms with Gasteiger partial charge in [-0.05, 0) is 17.7 Å². The van der Waals surface area contributed by atoms with Crippen LogP contribution in [-0.2, 0) is 9.47 Å². The molecule has 0 aliphatic carbocycles. The zero-order chi connectivity index (χ0) is 12.3. The van der Waals surface area contributed by atoms with Gasteiger partial charge in [-0.1, -0.05) is 6.07 Å². The smallest absolute Gasteiger partial charge is 0.165 e. The molecule has 2 rings (SSSR count). The van der Waals surface area contributed by atoms with Crippen LogP contribution >= 0.6 is 11.6 Å². The first-order chi connectivity index (χ1) is 8.22. The first-order valence-corrected chi connectivity index (χ1v) is 5.83. The van der Waals surface area contributed by atoms with Crippen LogP contribution in [0.3, 0.4) is 0 Å². The van der Waals surface area contributed by atoms with E-state index >= 15 is 0 Å². The van der Waals surface area contributed by atoms with Gasteiger partial charge in [0.25, 0.3) is 0 Å². The minimum Gasteiger partial charge on any atom is -0.494 e. The molecule has 1 aromatic rings. The predicted octanol–water partition coefficient (Wildman–Crippen LogP) is 2.53. The lowest BCUT2D eigenvalue weighted by Crippen LogP contribution is -2.31. The molecule has 17 heavy (non-hydrogen) atoms. The van der Waals surface area contributed by atoms with E-state index in [0.717, 1.165) is 0 Å². The lowest BCUT2D eigenvalue weighted by molar-refractivity contribution is -0.0892. The highest BCUT2D eigenvalue weighted by Gasteiger charge is 2.25. The molecule has 0 radical (unpaired) electrons. The van der Waals surface area contributed by atoms with Gasteiger partial charge in [-0.3, -0.25) is 0 Å². The molecule has 1 fully saturated rings. The van der Waals surface area contributed by atoms with Crippen LogP contribution in [0.2, 0.25) is 0 Å². The second-order valence-electron chi connectivity index (χ2n) is 3.78. The Balaban J connectivity index is 2.12. The monoisotopic (exact) mass is 260 g/mol. The molecule has 0 N–H and O–H groups in total. The Morgan fingerprint density at radius 2 is 2.29 bits per heavy atom. The third-order valence-corrected chi connectivity index (χ3v) is 3.20. The highest BCUT2D eigenvalue weighted by atomic mass is 35.5. The summed E-state index contributed by atoms with van der Waals surface area (Å²) in [6, 6.07) is 4.66. The summed E-state index contributed by atoms with van der Waals surface area (Å²) < 4.78 is 29.1. The van der Waals surface area contributed by atoms with E-state index < -0.39 is 11.2 Å². The van der Waals surface area contributed by atoms with E-state index in [1.165, 1.54) is 13.2 Å². The van der Waals surface area contributed by atoms with E-state index in [4.69, 9.17) is 25.8 Å². The predicted molar refractivity (Wildman–Crippen MR) is 62.1 cm³/mol. The summed E-state index contributed by atoms with van der Waals surface area (Å²) in [7, 11) is 1.42. The summed E-state index contributed by atoms with van der Waals surface area (Å²) in [5, 5.41) is -0.421. The Bertz CT molecular complexity index is 380. The fourth-order valence-corrected chi connectivity index (χ4v) is 2.03. The Hall–Kier alpha value is -0.840. The quantitative estimate of drug-likeness (QED) is 0.782. The van der Waals surface area contributed by atoms with Crippen molar-refractivity contribution >= 4 is 11.6 Å². The summed E-state index contributed by atoms with van der Waals surface area (Å²) in [5.41, 5.74) is 0.667. The Morgan fingerprint density at radius 3 is 2.88 bits per heavy atom. The molecule has 94 valence electrons. The van der Waals surface area contributed by atoms with Gasteiger partial charge in [0, 0.05) is 0 Å². The van der Waals surface area contributed by atoms with E-state index in [9.17, 15) is 4.39 Å². The van der Waals surface area contributed by atoms with Gasteiger partial charge in [0.1, 0.15) is 6.10 Å². The average molecular weight is 261 g/mol. The summed E-state index contributed by atoms with van der Waals surface area (Å²) in [4.78, 5) is 0. The molecule has 1 heterocycles. The van der Waals surface area contributed by atoms with Crippen LogP contribution in [0.25, 0.3) is 0 Å². The van der Waals surface area contributed by atoms with Crippen molar-refractivity contribution in [2.45, 2.75) is 11.5 Å². The maximum Gasteiger partial charge on any atom is 0.165 e. The molecule has 0 bridgehead atoms. The standard InChI is InChI=1S/C12H14ClFO3/c1-15-10-3-2-8(6-9(10)14)12(13)11-7-16-4-5-17-11/h2-3,6,11-12H,4-5,7H2,1H3. The Morgan fingerprint density at radius 1 is 1.47 bits per heavy atom.